The molecule has 1 fully saturated rings. The van der Waals surface area contributed by atoms with E-state index in [1.54, 1.807) is 16.9 Å². The molecule has 0 aromatic heterocycles. The van der Waals surface area contributed by atoms with Gasteiger partial charge in [-0.1, -0.05) is 12.1 Å². The van der Waals surface area contributed by atoms with Gasteiger partial charge in [0.25, 0.3) is 5.91 Å². The van der Waals surface area contributed by atoms with E-state index in [2.05, 4.69) is 15.9 Å². The molecule has 0 unspecified atom stereocenters. The van der Waals surface area contributed by atoms with Gasteiger partial charge in [-0.05, 0) is 51.8 Å². The number of halogens is 2. The molecule has 1 aliphatic heterocycles. The second-order valence-corrected chi connectivity index (χ2v) is 7.18. The molecule has 0 saturated carbocycles. The normalized spacial score (nSPS) is 14.2. The number of carbonyl (C=O) groups is 2. The molecule has 1 heterocycles. The Kier molecular flexibility index (Phi) is 6.11. The number of benzene rings is 2. The first-order valence-corrected chi connectivity index (χ1v) is 9.42. The van der Waals surface area contributed by atoms with Crippen LogP contribution in [0.2, 0.25) is 0 Å². The number of hydrogen-bond donors (Lipinski definition) is 0. The van der Waals surface area contributed by atoms with Crippen molar-refractivity contribution in [1.29, 1.82) is 0 Å². The van der Waals surface area contributed by atoms with Crippen LogP contribution in [0.25, 0.3) is 0 Å². The summed E-state index contributed by atoms with van der Waals surface area (Å²) >= 11 is 3.29. The van der Waals surface area contributed by atoms with Gasteiger partial charge >= 0.3 is 0 Å². The average molecular weight is 435 g/mol. The van der Waals surface area contributed by atoms with Crippen molar-refractivity contribution in [1.82, 2.24) is 9.80 Å². The third-order valence-electron chi connectivity index (χ3n) is 4.57. The quantitative estimate of drug-likeness (QED) is 0.742. The van der Waals surface area contributed by atoms with Gasteiger partial charge in [-0.3, -0.25) is 9.59 Å². The zero-order chi connectivity index (χ0) is 19.4. The lowest BCUT2D eigenvalue weighted by atomic mass is 10.1. The van der Waals surface area contributed by atoms with Crippen LogP contribution in [0.3, 0.4) is 0 Å². The van der Waals surface area contributed by atoms with E-state index < -0.39 is 5.82 Å². The number of carbonyl (C=O) groups excluding carboxylic acids is 2. The van der Waals surface area contributed by atoms with Crippen LogP contribution in [-0.4, -0.2) is 54.9 Å². The van der Waals surface area contributed by atoms with E-state index in [9.17, 15) is 14.0 Å². The molecule has 2 aromatic carbocycles. The number of ether oxygens (including phenoxy) is 1. The fourth-order valence-electron chi connectivity index (χ4n) is 3.06. The number of methoxy groups -OCH3 is 1. The molecule has 0 atom stereocenters. The molecule has 3 rings (SSSR count). The number of amides is 2. The summed E-state index contributed by atoms with van der Waals surface area (Å²) in [4.78, 5) is 28.6. The van der Waals surface area contributed by atoms with Crippen molar-refractivity contribution in [3.8, 4) is 5.75 Å². The maximum absolute atomic E-state index is 13.5. The van der Waals surface area contributed by atoms with Gasteiger partial charge in [0.1, 0.15) is 11.6 Å². The van der Waals surface area contributed by atoms with Crippen molar-refractivity contribution >= 4 is 27.7 Å². The minimum Gasteiger partial charge on any atom is -0.497 e. The van der Waals surface area contributed by atoms with Gasteiger partial charge in [-0.15, -0.1) is 0 Å². The van der Waals surface area contributed by atoms with E-state index in [0.717, 1.165) is 11.3 Å². The van der Waals surface area contributed by atoms with Crippen molar-refractivity contribution in [3.63, 3.8) is 0 Å². The summed E-state index contributed by atoms with van der Waals surface area (Å²) < 4.78 is 19.2. The molecule has 2 aromatic rings. The second-order valence-electron chi connectivity index (χ2n) is 6.33. The number of hydrogen-bond acceptors (Lipinski definition) is 3. The Labute approximate surface area is 165 Å². The lowest BCUT2D eigenvalue weighted by Gasteiger charge is -2.35. The Balaban J connectivity index is 1.58. The molecule has 142 valence electrons. The van der Waals surface area contributed by atoms with Crippen LogP contribution >= 0.6 is 15.9 Å². The van der Waals surface area contributed by atoms with Crippen LogP contribution in [0, 0.1) is 5.82 Å². The monoisotopic (exact) mass is 434 g/mol. The molecule has 1 saturated heterocycles. The van der Waals surface area contributed by atoms with Crippen LogP contribution in [0.1, 0.15) is 15.9 Å². The first-order valence-electron chi connectivity index (χ1n) is 8.63. The van der Waals surface area contributed by atoms with E-state index in [1.807, 2.05) is 24.3 Å². The van der Waals surface area contributed by atoms with Gasteiger partial charge in [0.2, 0.25) is 5.91 Å². The molecule has 5 nitrogen and oxygen atoms in total. The highest BCUT2D eigenvalue weighted by Crippen LogP contribution is 2.21. The summed E-state index contributed by atoms with van der Waals surface area (Å²) in [6.07, 6.45) is 0.292. The third-order valence-corrected chi connectivity index (χ3v) is 5.26. The Bertz CT molecular complexity index is 851. The van der Waals surface area contributed by atoms with Gasteiger partial charge in [-0.2, -0.15) is 0 Å². The fraction of sp³-hybridized carbons (Fsp3) is 0.300. The minimum absolute atomic E-state index is 0.0160. The third kappa shape index (κ3) is 4.66. The highest BCUT2D eigenvalue weighted by atomic mass is 79.9. The van der Waals surface area contributed by atoms with Crippen LogP contribution in [0.4, 0.5) is 4.39 Å². The largest absolute Gasteiger partial charge is 0.497 e. The zero-order valence-corrected chi connectivity index (χ0v) is 16.5. The number of piperazine rings is 1. The Hall–Kier alpha value is -2.41. The van der Waals surface area contributed by atoms with Crippen molar-refractivity contribution in [2.45, 2.75) is 6.42 Å². The highest BCUT2D eigenvalue weighted by molar-refractivity contribution is 9.10. The van der Waals surface area contributed by atoms with E-state index in [0.29, 0.717) is 42.6 Å². The van der Waals surface area contributed by atoms with Crippen LogP contribution in [0.5, 0.6) is 5.75 Å². The molecular weight excluding hydrogens is 415 g/mol. The van der Waals surface area contributed by atoms with Gasteiger partial charge in [0, 0.05) is 30.7 Å². The van der Waals surface area contributed by atoms with Gasteiger partial charge in [0.05, 0.1) is 19.1 Å². The number of nitrogens with zero attached hydrogens (tertiary/aromatic N) is 2. The summed E-state index contributed by atoms with van der Waals surface area (Å²) in [5.41, 5.74) is 1.19. The van der Waals surface area contributed by atoms with Gasteiger partial charge < -0.3 is 14.5 Å². The molecule has 0 spiro atoms. The van der Waals surface area contributed by atoms with Crippen LogP contribution < -0.4 is 4.74 Å². The summed E-state index contributed by atoms with van der Waals surface area (Å²) in [6, 6.07) is 11.5. The lowest BCUT2D eigenvalue weighted by molar-refractivity contribution is -0.131. The summed E-state index contributed by atoms with van der Waals surface area (Å²) in [5.74, 6) is 0.0496. The smallest absolute Gasteiger partial charge is 0.255 e. The molecular formula is C20H20BrFN2O3. The molecule has 1 aliphatic rings. The highest BCUT2D eigenvalue weighted by Gasteiger charge is 2.26. The van der Waals surface area contributed by atoms with Crippen molar-refractivity contribution in [2.24, 2.45) is 0 Å². The lowest BCUT2D eigenvalue weighted by Crippen LogP contribution is -2.51. The second kappa shape index (κ2) is 8.52. The molecule has 7 heteroatoms. The summed E-state index contributed by atoms with van der Waals surface area (Å²) in [6.45, 7) is 1.76. The molecule has 0 aliphatic carbocycles. The maximum atomic E-state index is 13.5. The van der Waals surface area contributed by atoms with E-state index in [-0.39, 0.29) is 11.8 Å². The summed E-state index contributed by atoms with van der Waals surface area (Å²) in [7, 11) is 1.59. The van der Waals surface area contributed by atoms with E-state index >= 15 is 0 Å². The summed E-state index contributed by atoms with van der Waals surface area (Å²) in [5, 5.41) is 0. The molecule has 0 radical (unpaired) electrons. The van der Waals surface area contributed by atoms with E-state index in [1.165, 1.54) is 18.2 Å². The standard InChI is InChI=1S/C20H20BrFN2O3/c1-27-16-4-2-3-14(11-16)12-19(25)23-7-9-24(10-8-23)20(26)17-13-15(22)5-6-18(17)21/h2-6,11,13H,7-10,12H2,1H3. The first-order chi connectivity index (χ1) is 13.0. The van der Waals surface area contributed by atoms with Gasteiger partial charge in [-0.25, -0.2) is 4.39 Å². The van der Waals surface area contributed by atoms with E-state index in [4.69, 9.17) is 4.74 Å². The van der Waals surface area contributed by atoms with Crippen LogP contribution in [0.15, 0.2) is 46.9 Å². The molecule has 2 amide bonds. The first kappa shape index (κ1) is 19.4. The predicted molar refractivity (Wildman–Crippen MR) is 103 cm³/mol. The number of rotatable bonds is 4. The van der Waals surface area contributed by atoms with Crippen molar-refractivity contribution in [2.75, 3.05) is 33.3 Å². The molecule has 0 N–H and O–H groups in total. The molecule has 27 heavy (non-hydrogen) atoms. The Morgan fingerprint density at radius 3 is 2.48 bits per heavy atom. The predicted octanol–water partition coefficient (Wildman–Crippen LogP) is 3.12. The topological polar surface area (TPSA) is 49.9 Å². The van der Waals surface area contributed by atoms with Gasteiger partial charge in [0.15, 0.2) is 0 Å². The minimum atomic E-state index is -0.450. The Morgan fingerprint density at radius 2 is 1.78 bits per heavy atom. The maximum Gasteiger partial charge on any atom is 0.255 e. The van der Waals surface area contributed by atoms with Crippen molar-refractivity contribution in [3.05, 3.63) is 63.9 Å². The SMILES string of the molecule is COc1cccc(CC(=O)N2CCN(C(=O)c3cc(F)ccc3Br)CC2)c1. The molecule has 0 bridgehead atoms. The average Bonchev–Trinajstić information content (AvgIpc) is 2.69. The zero-order valence-electron chi connectivity index (χ0n) is 15.0. The van der Waals surface area contributed by atoms with Crippen LogP contribution in [-0.2, 0) is 11.2 Å². The van der Waals surface area contributed by atoms with Crippen molar-refractivity contribution < 1.29 is 18.7 Å². The Morgan fingerprint density at radius 1 is 1.07 bits per heavy atom. The fourth-order valence-corrected chi connectivity index (χ4v) is 3.48.